The van der Waals surface area contributed by atoms with Gasteiger partial charge in [0, 0.05) is 17.2 Å². The van der Waals surface area contributed by atoms with E-state index < -0.39 is 14.9 Å². The van der Waals surface area contributed by atoms with Crippen molar-refractivity contribution >= 4 is 15.7 Å². The maximum Gasteiger partial charge on any atom is 0.273 e. The van der Waals surface area contributed by atoms with Crippen LogP contribution in [0.3, 0.4) is 0 Å². The van der Waals surface area contributed by atoms with Gasteiger partial charge in [0.2, 0.25) is 21.7 Å². The highest BCUT2D eigenvalue weighted by Gasteiger charge is 2.20. The highest BCUT2D eigenvalue weighted by molar-refractivity contribution is 7.89. The van der Waals surface area contributed by atoms with Gasteiger partial charge in [0.15, 0.2) is 0 Å². The molecule has 0 amide bonds. The van der Waals surface area contributed by atoms with Crippen LogP contribution in [0.2, 0.25) is 0 Å². The van der Waals surface area contributed by atoms with E-state index in [1.165, 1.54) is 19.1 Å². The third kappa shape index (κ3) is 4.18. The maximum absolute atomic E-state index is 12.4. The standard InChI is InChI=1S/C17H16N4O5S/c1-11-4-3-5-13(8-11)17-19-16(26-20-17)10-18-27(24,25)14-7-6-12(2)15(9-14)21(22)23/h3-9,18H,10H2,1-2H3. The third-order valence-electron chi connectivity index (χ3n) is 3.85. The first-order valence-corrected chi connectivity index (χ1v) is 9.39. The molecule has 0 aliphatic heterocycles. The molecule has 0 radical (unpaired) electrons. The van der Waals surface area contributed by atoms with E-state index in [2.05, 4.69) is 14.9 Å². The second-order valence-electron chi connectivity index (χ2n) is 5.91. The minimum Gasteiger partial charge on any atom is -0.338 e. The molecule has 1 heterocycles. The highest BCUT2D eigenvalue weighted by Crippen LogP contribution is 2.22. The Hall–Kier alpha value is -3.11. The molecule has 1 aromatic heterocycles. The molecule has 0 aliphatic rings. The van der Waals surface area contributed by atoms with Gasteiger partial charge in [0.1, 0.15) is 0 Å². The number of aromatic nitrogens is 2. The Morgan fingerprint density at radius 1 is 1.19 bits per heavy atom. The molecule has 0 atom stereocenters. The highest BCUT2D eigenvalue weighted by atomic mass is 32.2. The predicted molar refractivity (Wildman–Crippen MR) is 96.3 cm³/mol. The van der Waals surface area contributed by atoms with Crippen LogP contribution in [-0.4, -0.2) is 23.5 Å². The Kier molecular flexibility index (Phi) is 5.02. The van der Waals surface area contributed by atoms with Crippen LogP contribution in [0.15, 0.2) is 51.9 Å². The quantitative estimate of drug-likeness (QED) is 0.508. The van der Waals surface area contributed by atoms with Crippen molar-refractivity contribution in [1.29, 1.82) is 0 Å². The second-order valence-corrected chi connectivity index (χ2v) is 7.68. The van der Waals surface area contributed by atoms with E-state index in [4.69, 9.17) is 4.52 Å². The number of hydrogen-bond acceptors (Lipinski definition) is 7. The molecular weight excluding hydrogens is 372 g/mol. The smallest absolute Gasteiger partial charge is 0.273 e. The zero-order chi connectivity index (χ0) is 19.6. The van der Waals surface area contributed by atoms with Crippen LogP contribution >= 0.6 is 0 Å². The number of benzene rings is 2. The van der Waals surface area contributed by atoms with Crippen LogP contribution in [0.5, 0.6) is 0 Å². The lowest BCUT2D eigenvalue weighted by atomic mass is 10.1. The summed E-state index contributed by atoms with van der Waals surface area (Å²) < 4.78 is 32.2. The van der Waals surface area contributed by atoms with E-state index in [9.17, 15) is 18.5 Å². The minimum atomic E-state index is -3.98. The van der Waals surface area contributed by atoms with Crippen LogP contribution in [-0.2, 0) is 16.6 Å². The second kappa shape index (κ2) is 7.25. The fourth-order valence-corrected chi connectivity index (χ4v) is 3.42. The monoisotopic (exact) mass is 388 g/mol. The van der Waals surface area contributed by atoms with E-state index in [1.807, 2.05) is 31.2 Å². The molecule has 0 saturated heterocycles. The summed E-state index contributed by atoms with van der Waals surface area (Å²) in [6.07, 6.45) is 0. The molecule has 27 heavy (non-hydrogen) atoms. The topological polar surface area (TPSA) is 128 Å². The molecule has 140 valence electrons. The number of nitrogens with zero attached hydrogens (tertiary/aromatic N) is 3. The van der Waals surface area contributed by atoms with E-state index >= 15 is 0 Å². The summed E-state index contributed by atoms with van der Waals surface area (Å²) in [4.78, 5) is 14.3. The number of aryl methyl sites for hydroxylation is 2. The first kappa shape index (κ1) is 18.7. The van der Waals surface area contributed by atoms with Gasteiger partial charge in [0.05, 0.1) is 16.4 Å². The Balaban J connectivity index is 1.77. The van der Waals surface area contributed by atoms with Crippen molar-refractivity contribution in [2.24, 2.45) is 0 Å². The number of sulfonamides is 1. The predicted octanol–water partition coefficient (Wildman–Crippen LogP) is 2.74. The average Bonchev–Trinajstić information content (AvgIpc) is 3.09. The van der Waals surface area contributed by atoms with Gasteiger partial charge in [-0.2, -0.15) is 4.98 Å². The van der Waals surface area contributed by atoms with Crippen LogP contribution in [0.1, 0.15) is 17.0 Å². The van der Waals surface area contributed by atoms with E-state index in [1.54, 1.807) is 0 Å². The Bertz CT molecular complexity index is 1110. The van der Waals surface area contributed by atoms with Crippen molar-refractivity contribution in [2.75, 3.05) is 0 Å². The summed E-state index contributed by atoms with van der Waals surface area (Å²) in [6.45, 7) is 3.23. The molecule has 9 nitrogen and oxygen atoms in total. The number of nitrogens with one attached hydrogen (secondary N) is 1. The normalized spacial score (nSPS) is 11.5. The molecular formula is C17H16N4O5S. The number of nitro groups is 1. The van der Waals surface area contributed by atoms with Gasteiger partial charge in [0.25, 0.3) is 5.69 Å². The van der Waals surface area contributed by atoms with Crippen molar-refractivity contribution < 1.29 is 17.9 Å². The van der Waals surface area contributed by atoms with Crippen LogP contribution in [0.25, 0.3) is 11.4 Å². The number of rotatable bonds is 6. The summed E-state index contributed by atoms with van der Waals surface area (Å²) in [5.74, 6) is 0.426. The fraction of sp³-hybridized carbons (Fsp3) is 0.176. The number of nitro benzene ring substituents is 1. The molecule has 0 bridgehead atoms. The largest absolute Gasteiger partial charge is 0.338 e. The zero-order valence-electron chi connectivity index (χ0n) is 14.5. The van der Waals surface area contributed by atoms with Gasteiger partial charge in [-0.15, -0.1) is 0 Å². The number of hydrogen-bond donors (Lipinski definition) is 1. The van der Waals surface area contributed by atoms with Crippen molar-refractivity contribution in [1.82, 2.24) is 14.9 Å². The molecule has 3 rings (SSSR count). The first-order valence-electron chi connectivity index (χ1n) is 7.90. The van der Waals surface area contributed by atoms with E-state index in [0.29, 0.717) is 11.4 Å². The molecule has 2 aromatic carbocycles. The van der Waals surface area contributed by atoms with Crippen molar-refractivity contribution in [3.63, 3.8) is 0 Å². The molecule has 10 heteroatoms. The molecule has 0 unspecified atom stereocenters. The van der Waals surface area contributed by atoms with Gasteiger partial charge < -0.3 is 4.52 Å². The summed E-state index contributed by atoms with van der Waals surface area (Å²) >= 11 is 0. The first-order chi connectivity index (χ1) is 12.8. The fourth-order valence-electron chi connectivity index (χ4n) is 2.42. The van der Waals surface area contributed by atoms with Crippen LogP contribution in [0.4, 0.5) is 5.69 Å². The van der Waals surface area contributed by atoms with E-state index in [0.717, 1.165) is 17.2 Å². The lowest BCUT2D eigenvalue weighted by molar-refractivity contribution is -0.385. The lowest BCUT2D eigenvalue weighted by Crippen LogP contribution is -2.23. The molecule has 1 N–H and O–H groups in total. The molecule has 0 spiro atoms. The van der Waals surface area contributed by atoms with Crippen molar-refractivity contribution in [3.8, 4) is 11.4 Å². The zero-order valence-corrected chi connectivity index (χ0v) is 15.4. The summed E-state index contributed by atoms with van der Waals surface area (Å²) in [5, 5.41) is 14.8. The molecule has 0 fully saturated rings. The average molecular weight is 388 g/mol. The van der Waals surface area contributed by atoms with Gasteiger partial charge in [-0.1, -0.05) is 35.0 Å². The molecule has 0 saturated carbocycles. The Morgan fingerprint density at radius 2 is 1.96 bits per heavy atom. The minimum absolute atomic E-state index is 0.0803. The van der Waals surface area contributed by atoms with Crippen molar-refractivity contribution in [2.45, 2.75) is 25.3 Å². The van der Waals surface area contributed by atoms with E-state index in [-0.39, 0.29) is 23.0 Å². The Morgan fingerprint density at radius 3 is 2.67 bits per heavy atom. The Labute approximate surface area is 155 Å². The SMILES string of the molecule is Cc1cccc(-c2noc(CNS(=O)(=O)c3ccc(C)c([N+](=O)[O-])c3)n2)c1. The maximum atomic E-state index is 12.4. The summed E-state index contributed by atoms with van der Waals surface area (Å²) in [5.41, 5.74) is 1.89. The molecule has 3 aromatic rings. The van der Waals surface area contributed by atoms with Crippen LogP contribution < -0.4 is 4.72 Å². The van der Waals surface area contributed by atoms with Gasteiger partial charge in [-0.05, 0) is 26.0 Å². The summed E-state index contributed by atoms with van der Waals surface area (Å²) in [7, 11) is -3.98. The lowest BCUT2D eigenvalue weighted by Gasteiger charge is -2.05. The van der Waals surface area contributed by atoms with Crippen LogP contribution in [0, 0.1) is 24.0 Å². The van der Waals surface area contributed by atoms with Gasteiger partial charge in [-0.3, -0.25) is 10.1 Å². The molecule has 0 aliphatic carbocycles. The van der Waals surface area contributed by atoms with Gasteiger partial charge in [-0.25, -0.2) is 13.1 Å². The summed E-state index contributed by atoms with van der Waals surface area (Å²) in [6, 6.07) is 11.2. The van der Waals surface area contributed by atoms with Gasteiger partial charge >= 0.3 is 0 Å². The third-order valence-corrected chi connectivity index (χ3v) is 5.24. The van der Waals surface area contributed by atoms with Crippen molar-refractivity contribution in [3.05, 3.63) is 69.6 Å².